The van der Waals surface area contributed by atoms with Gasteiger partial charge in [-0.3, -0.25) is 0 Å². The van der Waals surface area contributed by atoms with Gasteiger partial charge in [0.1, 0.15) is 0 Å². The van der Waals surface area contributed by atoms with Crippen LogP contribution < -0.4 is 5.32 Å². The second-order valence-corrected chi connectivity index (χ2v) is 6.00. The summed E-state index contributed by atoms with van der Waals surface area (Å²) in [5.41, 5.74) is 2.48. The highest BCUT2D eigenvalue weighted by Gasteiger charge is 2.05. The Kier molecular flexibility index (Phi) is 5.44. The van der Waals surface area contributed by atoms with Crippen molar-refractivity contribution in [3.05, 3.63) is 69.2 Å². The first kappa shape index (κ1) is 14.6. The minimum atomic E-state index is 0.493. The first-order valence-corrected chi connectivity index (χ1v) is 7.53. The molecule has 0 radical (unpaired) electrons. The van der Waals surface area contributed by atoms with Gasteiger partial charge in [0.05, 0.1) is 0 Å². The van der Waals surface area contributed by atoms with Crippen molar-refractivity contribution in [2.45, 2.75) is 19.4 Å². The SMILES string of the molecule is CC(CNCc1cc(Br)ccc1Cl)c1ccccc1. The number of halogens is 2. The molecule has 19 heavy (non-hydrogen) atoms. The Morgan fingerprint density at radius 1 is 1.16 bits per heavy atom. The predicted molar refractivity (Wildman–Crippen MR) is 85.7 cm³/mol. The molecule has 0 saturated carbocycles. The normalized spacial score (nSPS) is 12.4. The van der Waals surface area contributed by atoms with Gasteiger partial charge in [0.2, 0.25) is 0 Å². The smallest absolute Gasteiger partial charge is 0.0451 e. The minimum absolute atomic E-state index is 0.493. The largest absolute Gasteiger partial charge is 0.312 e. The van der Waals surface area contributed by atoms with Crippen molar-refractivity contribution in [3.8, 4) is 0 Å². The average Bonchev–Trinajstić information content (AvgIpc) is 2.43. The van der Waals surface area contributed by atoms with Crippen LogP contribution in [0.25, 0.3) is 0 Å². The molecule has 1 unspecified atom stereocenters. The number of hydrogen-bond donors (Lipinski definition) is 1. The molecule has 0 aliphatic rings. The maximum absolute atomic E-state index is 6.17. The molecule has 2 aromatic carbocycles. The van der Waals surface area contributed by atoms with E-state index in [9.17, 15) is 0 Å². The lowest BCUT2D eigenvalue weighted by Gasteiger charge is -2.13. The molecule has 0 amide bonds. The summed E-state index contributed by atoms with van der Waals surface area (Å²) in [6.07, 6.45) is 0. The second-order valence-electron chi connectivity index (χ2n) is 4.68. The monoisotopic (exact) mass is 337 g/mol. The van der Waals surface area contributed by atoms with Gasteiger partial charge in [0, 0.05) is 22.6 Å². The number of nitrogens with one attached hydrogen (secondary N) is 1. The van der Waals surface area contributed by atoms with Gasteiger partial charge in [-0.15, -0.1) is 0 Å². The highest BCUT2D eigenvalue weighted by Crippen LogP contribution is 2.21. The maximum atomic E-state index is 6.17. The van der Waals surface area contributed by atoms with Crippen LogP contribution in [0, 0.1) is 0 Å². The van der Waals surface area contributed by atoms with Gasteiger partial charge in [-0.05, 0) is 35.2 Å². The summed E-state index contributed by atoms with van der Waals surface area (Å²) in [6.45, 7) is 3.95. The molecule has 0 aliphatic carbocycles. The molecule has 1 nitrogen and oxygen atoms in total. The molecule has 0 aliphatic heterocycles. The highest BCUT2D eigenvalue weighted by molar-refractivity contribution is 9.10. The standard InChI is InChI=1S/C16H17BrClN/c1-12(13-5-3-2-4-6-13)10-19-11-14-9-15(17)7-8-16(14)18/h2-9,12,19H,10-11H2,1H3. The molecule has 0 bridgehead atoms. The van der Waals surface area contributed by atoms with E-state index in [0.29, 0.717) is 5.92 Å². The zero-order chi connectivity index (χ0) is 13.7. The maximum Gasteiger partial charge on any atom is 0.0451 e. The molecule has 100 valence electrons. The van der Waals surface area contributed by atoms with Crippen LogP contribution in [0.1, 0.15) is 24.0 Å². The van der Waals surface area contributed by atoms with Gasteiger partial charge in [0.25, 0.3) is 0 Å². The van der Waals surface area contributed by atoms with Crippen molar-refractivity contribution in [1.82, 2.24) is 5.32 Å². The van der Waals surface area contributed by atoms with E-state index in [1.165, 1.54) is 5.56 Å². The molecule has 0 fully saturated rings. The quantitative estimate of drug-likeness (QED) is 0.809. The lowest BCUT2D eigenvalue weighted by Crippen LogP contribution is -2.19. The van der Waals surface area contributed by atoms with Crippen molar-refractivity contribution in [2.75, 3.05) is 6.54 Å². The minimum Gasteiger partial charge on any atom is -0.312 e. The zero-order valence-corrected chi connectivity index (χ0v) is 13.2. The van der Waals surface area contributed by atoms with Crippen molar-refractivity contribution >= 4 is 27.5 Å². The summed E-state index contributed by atoms with van der Waals surface area (Å²) in [5.74, 6) is 0.493. The summed E-state index contributed by atoms with van der Waals surface area (Å²) in [7, 11) is 0. The van der Waals surface area contributed by atoms with Gasteiger partial charge in [0.15, 0.2) is 0 Å². The molecule has 1 N–H and O–H groups in total. The summed E-state index contributed by atoms with van der Waals surface area (Å²) in [6, 6.07) is 16.5. The molecule has 1 atom stereocenters. The molecular formula is C16H17BrClN. The Morgan fingerprint density at radius 2 is 1.89 bits per heavy atom. The van der Waals surface area contributed by atoms with Crippen LogP contribution in [0.15, 0.2) is 53.0 Å². The van der Waals surface area contributed by atoms with Crippen molar-refractivity contribution in [2.24, 2.45) is 0 Å². The van der Waals surface area contributed by atoms with Gasteiger partial charge in [-0.2, -0.15) is 0 Å². The lowest BCUT2D eigenvalue weighted by molar-refractivity contribution is 0.615. The van der Waals surface area contributed by atoms with E-state index >= 15 is 0 Å². The van der Waals surface area contributed by atoms with Crippen molar-refractivity contribution in [3.63, 3.8) is 0 Å². The third-order valence-electron chi connectivity index (χ3n) is 3.14. The predicted octanol–water partition coefficient (Wildman–Crippen LogP) is 5.00. The fraction of sp³-hybridized carbons (Fsp3) is 0.250. The van der Waals surface area contributed by atoms with Crippen LogP contribution in [-0.4, -0.2) is 6.54 Å². The Balaban J connectivity index is 1.88. The third kappa shape index (κ3) is 4.34. The summed E-state index contributed by atoms with van der Waals surface area (Å²) >= 11 is 9.64. The molecular weight excluding hydrogens is 322 g/mol. The van der Waals surface area contributed by atoms with Gasteiger partial charge in [-0.1, -0.05) is 64.8 Å². The molecule has 0 aromatic heterocycles. The van der Waals surface area contributed by atoms with E-state index in [0.717, 1.165) is 28.1 Å². The van der Waals surface area contributed by atoms with Crippen LogP contribution in [-0.2, 0) is 6.54 Å². The fourth-order valence-corrected chi connectivity index (χ4v) is 2.59. The van der Waals surface area contributed by atoms with E-state index < -0.39 is 0 Å². The van der Waals surface area contributed by atoms with Gasteiger partial charge >= 0.3 is 0 Å². The highest BCUT2D eigenvalue weighted by atomic mass is 79.9. The van der Waals surface area contributed by atoms with E-state index in [1.807, 2.05) is 18.2 Å². The molecule has 2 aromatic rings. The van der Waals surface area contributed by atoms with Crippen molar-refractivity contribution < 1.29 is 0 Å². The van der Waals surface area contributed by atoms with Crippen LogP contribution in [0.3, 0.4) is 0 Å². The van der Waals surface area contributed by atoms with Crippen LogP contribution in [0.4, 0.5) is 0 Å². The Bertz CT molecular complexity index is 528. The van der Waals surface area contributed by atoms with Crippen molar-refractivity contribution in [1.29, 1.82) is 0 Å². The first-order chi connectivity index (χ1) is 9.16. The van der Waals surface area contributed by atoms with Gasteiger partial charge < -0.3 is 5.32 Å². The van der Waals surface area contributed by atoms with Crippen LogP contribution in [0.5, 0.6) is 0 Å². The summed E-state index contributed by atoms with van der Waals surface area (Å²) in [5, 5.41) is 4.27. The van der Waals surface area contributed by atoms with E-state index in [-0.39, 0.29) is 0 Å². The summed E-state index contributed by atoms with van der Waals surface area (Å²) in [4.78, 5) is 0. The summed E-state index contributed by atoms with van der Waals surface area (Å²) < 4.78 is 1.06. The molecule has 0 heterocycles. The third-order valence-corrected chi connectivity index (χ3v) is 4.00. The number of benzene rings is 2. The fourth-order valence-electron chi connectivity index (χ4n) is 2.00. The zero-order valence-electron chi connectivity index (χ0n) is 10.9. The molecule has 0 spiro atoms. The number of rotatable bonds is 5. The molecule has 2 rings (SSSR count). The Morgan fingerprint density at radius 3 is 2.63 bits per heavy atom. The average molecular weight is 339 g/mol. The Hall–Kier alpha value is -0.830. The van der Waals surface area contributed by atoms with E-state index in [4.69, 9.17) is 11.6 Å². The van der Waals surface area contributed by atoms with E-state index in [2.05, 4.69) is 58.5 Å². The second kappa shape index (κ2) is 7.09. The Labute approximate surface area is 128 Å². The first-order valence-electron chi connectivity index (χ1n) is 6.36. The van der Waals surface area contributed by atoms with Crippen LogP contribution >= 0.6 is 27.5 Å². The number of hydrogen-bond acceptors (Lipinski definition) is 1. The van der Waals surface area contributed by atoms with Gasteiger partial charge in [-0.25, -0.2) is 0 Å². The lowest BCUT2D eigenvalue weighted by atomic mass is 10.0. The molecule has 3 heteroatoms. The van der Waals surface area contributed by atoms with E-state index in [1.54, 1.807) is 0 Å². The topological polar surface area (TPSA) is 12.0 Å². The van der Waals surface area contributed by atoms with Crippen LogP contribution in [0.2, 0.25) is 5.02 Å². The molecule has 0 saturated heterocycles.